The van der Waals surface area contributed by atoms with Crippen molar-refractivity contribution in [2.75, 3.05) is 11.9 Å². The number of carbonyl (C=O) groups excluding carboxylic acids is 4. The maximum absolute atomic E-state index is 13.1. The van der Waals surface area contributed by atoms with Crippen molar-refractivity contribution in [3.63, 3.8) is 0 Å². The fraction of sp³-hybridized carbons (Fsp3) is 0.520. The van der Waals surface area contributed by atoms with Gasteiger partial charge in [-0.2, -0.15) is 0 Å². The Hall–Kier alpha value is -3.09. The number of ether oxygens (including phenoxy) is 2. The van der Waals surface area contributed by atoms with Crippen LogP contribution in [0.5, 0.6) is 0 Å². The number of hydrogen-bond acceptors (Lipinski definition) is 9. The number of thiazole rings is 1. The van der Waals surface area contributed by atoms with Crippen LogP contribution < -0.4 is 16.0 Å². The van der Waals surface area contributed by atoms with Gasteiger partial charge in [-0.1, -0.05) is 11.6 Å². The van der Waals surface area contributed by atoms with E-state index < -0.39 is 41.3 Å². The highest BCUT2D eigenvalue weighted by Gasteiger charge is 2.38. The molecule has 2 aromatic rings. The summed E-state index contributed by atoms with van der Waals surface area (Å²) in [6.07, 6.45) is 3.01. The molecule has 2 aliphatic rings. The quantitative estimate of drug-likeness (QED) is 0.371. The van der Waals surface area contributed by atoms with Gasteiger partial charge in [0.2, 0.25) is 0 Å². The molecule has 0 unspecified atom stereocenters. The number of rotatable bonds is 5. The van der Waals surface area contributed by atoms with Crippen LogP contribution in [0.25, 0.3) is 0 Å². The monoisotopic (exact) mass is 563 g/mol. The summed E-state index contributed by atoms with van der Waals surface area (Å²) in [6, 6.07) is 1.79. The fourth-order valence-electron chi connectivity index (χ4n) is 4.31. The van der Waals surface area contributed by atoms with Crippen LogP contribution in [0.2, 0.25) is 5.02 Å². The Kier molecular flexibility index (Phi) is 8.64. The lowest BCUT2D eigenvalue weighted by Crippen LogP contribution is -2.57. The second-order valence-corrected chi connectivity index (χ2v) is 11.7. The SMILES string of the molecule is CC(C)(C)OC(=O)[C@H]1CC[C@H](NC(=O)C(=O)Nc2ccc(Cl)cn2)[C@H](NC(=O)c2nc3c(s2)COCC3)C1. The lowest BCUT2D eigenvalue weighted by molar-refractivity contribution is -0.161. The number of aromatic nitrogens is 2. The molecule has 0 saturated heterocycles. The Bertz CT molecular complexity index is 1190. The van der Waals surface area contributed by atoms with Gasteiger partial charge < -0.3 is 25.4 Å². The molecule has 3 heterocycles. The van der Waals surface area contributed by atoms with Gasteiger partial charge in [0.15, 0.2) is 5.01 Å². The number of amides is 3. The van der Waals surface area contributed by atoms with Crippen molar-refractivity contribution in [3.8, 4) is 0 Å². The first-order chi connectivity index (χ1) is 18.0. The lowest BCUT2D eigenvalue weighted by atomic mass is 9.82. The van der Waals surface area contributed by atoms with Crippen molar-refractivity contribution < 1.29 is 28.7 Å². The average molecular weight is 564 g/mol. The molecule has 0 aromatic carbocycles. The molecule has 13 heteroatoms. The van der Waals surface area contributed by atoms with Gasteiger partial charge in [-0.15, -0.1) is 11.3 Å². The van der Waals surface area contributed by atoms with Crippen LogP contribution in [0, 0.1) is 5.92 Å². The van der Waals surface area contributed by atoms with E-state index in [9.17, 15) is 19.2 Å². The average Bonchev–Trinajstić information content (AvgIpc) is 3.30. The molecule has 1 aliphatic carbocycles. The van der Waals surface area contributed by atoms with Gasteiger partial charge in [0.05, 0.1) is 40.8 Å². The van der Waals surface area contributed by atoms with Gasteiger partial charge in [-0.3, -0.25) is 19.2 Å². The minimum Gasteiger partial charge on any atom is -0.460 e. The standard InChI is InChI=1S/C25H30ClN5O6S/c1-25(2,3)37-24(35)13-4-6-15(28-20(32)21(33)31-19-7-5-14(26)11-27-19)17(10-13)29-22(34)23-30-16-8-9-36-12-18(16)38-23/h5,7,11,13,15,17H,4,6,8-10,12H2,1-3H3,(H,28,32)(H,29,34)(H,27,31,33)/t13-,15-,17+/m0/s1. The molecule has 0 bridgehead atoms. The molecule has 0 spiro atoms. The minimum atomic E-state index is -0.910. The number of hydrogen-bond donors (Lipinski definition) is 3. The largest absolute Gasteiger partial charge is 0.460 e. The number of anilines is 1. The fourth-order valence-corrected chi connectivity index (χ4v) is 5.37. The van der Waals surface area contributed by atoms with E-state index in [4.69, 9.17) is 21.1 Å². The van der Waals surface area contributed by atoms with E-state index in [1.165, 1.54) is 29.7 Å². The predicted molar refractivity (Wildman–Crippen MR) is 140 cm³/mol. The molecular formula is C25H30ClN5O6S. The van der Waals surface area contributed by atoms with E-state index in [0.29, 0.717) is 37.5 Å². The van der Waals surface area contributed by atoms with Gasteiger partial charge in [0.1, 0.15) is 11.4 Å². The summed E-state index contributed by atoms with van der Waals surface area (Å²) in [7, 11) is 0. The summed E-state index contributed by atoms with van der Waals surface area (Å²) in [5, 5.41) is 8.73. The first-order valence-corrected chi connectivity index (χ1v) is 13.5. The molecule has 11 nitrogen and oxygen atoms in total. The van der Waals surface area contributed by atoms with Crippen LogP contribution in [-0.2, 0) is 36.9 Å². The van der Waals surface area contributed by atoms with Crippen molar-refractivity contribution in [1.82, 2.24) is 20.6 Å². The summed E-state index contributed by atoms with van der Waals surface area (Å²) in [5.41, 5.74) is 0.190. The third kappa shape index (κ3) is 7.27. The van der Waals surface area contributed by atoms with Crippen molar-refractivity contribution in [3.05, 3.63) is 38.9 Å². The predicted octanol–water partition coefficient (Wildman–Crippen LogP) is 2.63. The molecule has 1 fully saturated rings. The number of nitrogens with zero attached hydrogens (tertiary/aromatic N) is 2. The Morgan fingerprint density at radius 2 is 1.89 bits per heavy atom. The first kappa shape index (κ1) is 27.9. The van der Waals surface area contributed by atoms with Gasteiger partial charge in [0.25, 0.3) is 5.91 Å². The smallest absolute Gasteiger partial charge is 0.314 e. The van der Waals surface area contributed by atoms with Crippen molar-refractivity contribution >= 4 is 52.4 Å². The van der Waals surface area contributed by atoms with E-state index in [0.717, 1.165) is 10.6 Å². The molecule has 204 valence electrons. The Balaban J connectivity index is 1.46. The Morgan fingerprint density at radius 3 is 2.58 bits per heavy atom. The van der Waals surface area contributed by atoms with Gasteiger partial charge in [0, 0.05) is 18.7 Å². The van der Waals surface area contributed by atoms with Crippen LogP contribution in [-0.4, -0.2) is 58.0 Å². The first-order valence-electron chi connectivity index (χ1n) is 12.3. The lowest BCUT2D eigenvalue weighted by Gasteiger charge is -2.36. The highest BCUT2D eigenvalue weighted by atomic mass is 35.5. The van der Waals surface area contributed by atoms with E-state index in [1.807, 2.05) is 0 Å². The highest BCUT2D eigenvalue weighted by molar-refractivity contribution is 7.13. The van der Waals surface area contributed by atoms with E-state index in [2.05, 4.69) is 25.9 Å². The maximum Gasteiger partial charge on any atom is 0.314 e. The number of halogens is 1. The number of esters is 1. The van der Waals surface area contributed by atoms with Crippen LogP contribution in [0.1, 0.15) is 60.4 Å². The molecule has 2 aromatic heterocycles. The topological polar surface area (TPSA) is 149 Å². The van der Waals surface area contributed by atoms with Gasteiger partial charge in [-0.05, 0) is 52.2 Å². The van der Waals surface area contributed by atoms with Crippen LogP contribution in [0.4, 0.5) is 5.82 Å². The van der Waals surface area contributed by atoms with Crippen LogP contribution in [0.15, 0.2) is 18.3 Å². The maximum atomic E-state index is 13.1. The third-order valence-electron chi connectivity index (χ3n) is 6.09. The molecular weight excluding hydrogens is 534 g/mol. The highest BCUT2D eigenvalue weighted by Crippen LogP contribution is 2.29. The number of fused-ring (bicyclic) bond motifs is 1. The Labute approximate surface area is 229 Å². The van der Waals surface area contributed by atoms with Crippen LogP contribution >= 0.6 is 22.9 Å². The van der Waals surface area contributed by atoms with E-state index >= 15 is 0 Å². The van der Waals surface area contributed by atoms with Crippen molar-refractivity contribution in [2.24, 2.45) is 5.92 Å². The van der Waals surface area contributed by atoms with Crippen molar-refractivity contribution in [1.29, 1.82) is 0 Å². The second-order valence-electron chi connectivity index (χ2n) is 10.2. The molecule has 3 N–H and O–H groups in total. The normalized spacial score (nSPS) is 21.1. The second kappa shape index (κ2) is 11.7. The third-order valence-corrected chi connectivity index (χ3v) is 7.38. The molecule has 4 rings (SSSR count). The summed E-state index contributed by atoms with van der Waals surface area (Å²) < 4.78 is 11.0. The number of carbonyl (C=O) groups is 4. The van der Waals surface area contributed by atoms with Gasteiger partial charge >= 0.3 is 17.8 Å². The summed E-state index contributed by atoms with van der Waals surface area (Å²) >= 11 is 7.07. The molecule has 1 saturated carbocycles. The van der Waals surface area contributed by atoms with E-state index in [-0.39, 0.29) is 23.2 Å². The minimum absolute atomic E-state index is 0.171. The molecule has 38 heavy (non-hydrogen) atoms. The number of pyridine rings is 1. The molecule has 3 atom stereocenters. The summed E-state index contributed by atoms with van der Waals surface area (Å²) in [5.74, 6) is -2.87. The van der Waals surface area contributed by atoms with Crippen molar-refractivity contribution in [2.45, 2.75) is 70.7 Å². The molecule has 1 aliphatic heterocycles. The van der Waals surface area contributed by atoms with Crippen LogP contribution in [0.3, 0.4) is 0 Å². The van der Waals surface area contributed by atoms with E-state index in [1.54, 1.807) is 20.8 Å². The van der Waals surface area contributed by atoms with Gasteiger partial charge in [-0.25, -0.2) is 9.97 Å². The molecule has 3 amide bonds. The Morgan fingerprint density at radius 1 is 1.11 bits per heavy atom. The zero-order valence-electron chi connectivity index (χ0n) is 21.3. The summed E-state index contributed by atoms with van der Waals surface area (Å²) in [6.45, 7) is 6.34. The summed E-state index contributed by atoms with van der Waals surface area (Å²) in [4.78, 5) is 60.4. The zero-order valence-corrected chi connectivity index (χ0v) is 22.9. The molecule has 0 radical (unpaired) electrons. The zero-order chi connectivity index (χ0) is 27.4. The number of nitrogens with one attached hydrogen (secondary N) is 3.